The van der Waals surface area contributed by atoms with Crippen LogP contribution in [-0.4, -0.2) is 36.5 Å². The van der Waals surface area contributed by atoms with E-state index >= 15 is 0 Å². The van der Waals surface area contributed by atoms with Gasteiger partial charge in [-0.1, -0.05) is 54.6 Å². The number of benzene rings is 3. The molecule has 0 fully saturated rings. The fraction of sp³-hybridized carbons (Fsp3) is 0.222. The third-order valence-electron chi connectivity index (χ3n) is 5.64. The molecule has 0 aliphatic carbocycles. The molecule has 3 aromatic rings. The number of non-ortho nitro benzene ring substituents is 1. The molecular formula is C27H27N3O2S. The topological polar surface area (TPSA) is 58.7 Å². The summed E-state index contributed by atoms with van der Waals surface area (Å²) in [6, 6.07) is 23.8. The first-order valence-corrected chi connectivity index (χ1v) is 12.1. The van der Waals surface area contributed by atoms with Gasteiger partial charge in [-0.2, -0.15) is 0 Å². The molecule has 0 aromatic heterocycles. The summed E-state index contributed by atoms with van der Waals surface area (Å²) in [7, 11) is 2.08. The molecule has 1 aliphatic rings. The summed E-state index contributed by atoms with van der Waals surface area (Å²) in [5, 5.41) is 11.4. The number of rotatable bonds is 8. The van der Waals surface area contributed by atoms with E-state index in [1.54, 1.807) is 23.9 Å². The van der Waals surface area contributed by atoms with E-state index in [4.69, 9.17) is 4.99 Å². The van der Waals surface area contributed by atoms with Gasteiger partial charge in [-0.3, -0.25) is 15.1 Å². The number of likely N-dealkylation sites (N-methyl/N-ethyl adjacent to an activating group) is 1. The van der Waals surface area contributed by atoms with E-state index in [-0.39, 0.29) is 10.6 Å². The van der Waals surface area contributed by atoms with Crippen molar-refractivity contribution in [1.29, 1.82) is 0 Å². The zero-order valence-corrected chi connectivity index (χ0v) is 19.5. The Labute approximate surface area is 199 Å². The largest absolute Gasteiger partial charge is 0.372 e. The summed E-state index contributed by atoms with van der Waals surface area (Å²) in [5.41, 5.74) is 5.42. The van der Waals surface area contributed by atoms with Crippen molar-refractivity contribution in [3.05, 3.63) is 106 Å². The molecular weight excluding hydrogens is 430 g/mol. The molecule has 1 aliphatic heterocycles. The first-order valence-electron chi connectivity index (χ1n) is 11.1. The fourth-order valence-corrected chi connectivity index (χ4v) is 4.84. The third kappa shape index (κ3) is 5.90. The molecule has 0 atom stereocenters. The van der Waals surface area contributed by atoms with Crippen LogP contribution in [0.15, 0.2) is 88.8 Å². The zero-order valence-electron chi connectivity index (χ0n) is 18.7. The van der Waals surface area contributed by atoms with Gasteiger partial charge in [-0.15, -0.1) is 11.8 Å². The van der Waals surface area contributed by atoms with Crippen LogP contribution < -0.4 is 4.90 Å². The second kappa shape index (κ2) is 11.0. The predicted octanol–water partition coefficient (Wildman–Crippen LogP) is 6.27. The number of aryl methyl sites for hydroxylation is 1. The minimum Gasteiger partial charge on any atom is -0.372 e. The number of para-hydroxylation sites is 1. The van der Waals surface area contributed by atoms with Gasteiger partial charge in [0.05, 0.1) is 17.2 Å². The highest BCUT2D eigenvalue weighted by Crippen LogP contribution is 2.29. The van der Waals surface area contributed by atoms with Crippen molar-refractivity contribution >= 4 is 34.9 Å². The van der Waals surface area contributed by atoms with Crippen LogP contribution in [0.4, 0.5) is 11.4 Å². The number of thioether (sulfide) groups is 1. The number of benzodiazepines with no additional fused rings is 1. The Balaban J connectivity index is 1.53. The van der Waals surface area contributed by atoms with Crippen LogP contribution in [0, 0.1) is 10.1 Å². The maximum Gasteiger partial charge on any atom is 0.270 e. The van der Waals surface area contributed by atoms with Crippen molar-refractivity contribution in [1.82, 2.24) is 0 Å². The number of anilines is 1. The Morgan fingerprint density at radius 2 is 1.85 bits per heavy atom. The van der Waals surface area contributed by atoms with Gasteiger partial charge in [0.1, 0.15) is 0 Å². The molecule has 0 saturated carbocycles. The lowest BCUT2D eigenvalue weighted by atomic mass is 10.1. The van der Waals surface area contributed by atoms with E-state index in [0.717, 1.165) is 52.6 Å². The Morgan fingerprint density at radius 1 is 1.06 bits per heavy atom. The molecule has 0 amide bonds. The molecule has 0 radical (unpaired) electrons. The zero-order chi connectivity index (χ0) is 23.0. The van der Waals surface area contributed by atoms with Gasteiger partial charge < -0.3 is 4.90 Å². The van der Waals surface area contributed by atoms with Crippen LogP contribution in [0.1, 0.15) is 23.1 Å². The Morgan fingerprint density at radius 3 is 2.67 bits per heavy atom. The number of aliphatic imine (C=N–C) groups is 1. The summed E-state index contributed by atoms with van der Waals surface area (Å²) >= 11 is 1.74. The highest BCUT2D eigenvalue weighted by atomic mass is 32.2. The molecule has 0 N–H and O–H groups in total. The highest BCUT2D eigenvalue weighted by molar-refractivity contribution is 7.99. The maximum atomic E-state index is 11.4. The molecule has 1 heterocycles. The number of allylic oxidation sites excluding steroid dienone is 1. The molecule has 0 spiro atoms. The number of hydrogen-bond acceptors (Lipinski definition) is 5. The van der Waals surface area contributed by atoms with Crippen molar-refractivity contribution in [2.75, 3.05) is 30.8 Å². The lowest BCUT2D eigenvalue weighted by Gasteiger charge is -2.18. The van der Waals surface area contributed by atoms with Crippen LogP contribution in [0.2, 0.25) is 0 Å². The van der Waals surface area contributed by atoms with E-state index in [1.807, 2.05) is 36.4 Å². The summed E-state index contributed by atoms with van der Waals surface area (Å²) in [4.78, 5) is 19.1. The van der Waals surface area contributed by atoms with E-state index in [0.29, 0.717) is 6.54 Å². The van der Waals surface area contributed by atoms with Crippen molar-refractivity contribution in [3.63, 3.8) is 0 Å². The van der Waals surface area contributed by atoms with Crippen LogP contribution in [-0.2, 0) is 6.42 Å². The third-order valence-corrected chi connectivity index (χ3v) is 6.82. The predicted molar refractivity (Wildman–Crippen MR) is 139 cm³/mol. The lowest BCUT2D eigenvalue weighted by molar-refractivity contribution is -0.384. The fourth-order valence-electron chi connectivity index (χ4n) is 3.87. The molecule has 33 heavy (non-hydrogen) atoms. The van der Waals surface area contributed by atoms with Crippen molar-refractivity contribution in [2.24, 2.45) is 4.99 Å². The quantitative estimate of drug-likeness (QED) is 0.173. The maximum absolute atomic E-state index is 11.4. The summed E-state index contributed by atoms with van der Waals surface area (Å²) in [5.74, 6) is 0.947. The number of nitro benzene ring substituents is 1. The van der Waals surface area contributed by atoms with Crippen molar-refractivity contribution in [3.8, 4) is 0 Å². The molecule has 0 bridgehead atoms. The van der Waals surface area contributed by atoms with Crippen LogP contribution in [0.5, 0.6) is 0 Å². The monoisotopic (exact) mass is 457 g/mol. The second-order valence-electron chi connectivity index (χ2n) is 7.96. The average Bonchev–Trinajstić information content (AvgIpc) is 3.00. The van der Waals surface area contributed by atoms with Crippen LogP contribution >= 0.6 is 11.8 Å². The van der Waals surface area contributed by atoms with Crippen LogP contribution in [0.25, 0.3) is 6.08 Å². The number of nitrogens with zero attached hydrogens (tertiary/aromatic N) is 3. The van der Waals surface area contributed by atoms with Crippen LogP contribution in [0.3, 0.4) is 0 Å². The molecule has 0 saturated heterocycles. The van der Waals surface area contributed by atoms with E-state index < -0.39 is 0 Å². The van der Waals surface area contributed by atoms with E-state index in [9.17, 15) is 10.1 Å². The van der Waals surface area contributed by atoms with Gasteiger partial charge in [0, 0.05) is 41.9 Å². The van der Waals surface area contributed by atoms with Gasteiger partial charge in [0.25, 0.3) is 5.69 Å². The van der Waals surface area contributed by atoms with Gasteiger partial charge in [0.15, 0.2) is 0 Å². The Hall–Kier alpha value is -3.38. The number of fused-ring (bicyclic) bond motifs is 1. The number of hydrogen-bond donors (Lipinski definition) is 0. The smallest absolute Gasteiger partial charge is 0.270 e. The number of nitro groups is 1. The molecule has 6 heteroatoms. The summed E-state index contributed by atoms with van der Waals surface area (Å²) in [6.45, 7) is 1.56. The normalized spacial score (nSPS) is 13.5. The standard InChI is InChI=1S/C27H27N3O2S/c1-29-18-17-28-25(24-11-5-6-12-26(24)29)15-13-22-20-23(30(31)32)14-16-27(22)33-19-7-10-21-8-3-2-4-9-21/h2-6,8-9,11-16,20H,7,10,17-19H2,1H3/b15-13+. The minimum absolute atomic E-state index is 0.103. The van der Waals surface area contributed by atoms with E-state index in [1.165, 1.54) is 5.56 Å². The molecule has 4 rings (SSSR count). The lowest BCUT2D eigenvalue weighted by Crippen LogP contribution is -2.20. The second-order valence-corrected chi connectivity index (χ2v) is 9.09. The first kappa shape index (κ1) is 22.8. The van der Waals surface area contributed by atoms with Crippen molar-refractivity contribution in [2.45, 2.75) is 17.7 Å². The molecule has 3 aromatic carbocycles. The highest BCUT2D eigenvalue weighted by Gasteiger charge is 2.15. The Kier molecular flexibility index (Phi) is 7.58. The summed E-state index contributed by atoms with van der Waals surface area (Å²) in [6.07, 6.45) is 6.02. The minimum atomic E-state index is -0.339. The molecule has 168 valence electrons. The van der Waals surface area contributed by atoms with Crippen molar-refractivity contribution < 1.29 is 4.92 Å². The molecule has 5 nitrogen and oxygen atoms in total. The van der Waals surface area contributed by atoms with E-state index in [2.05, 4.69) is 48.3 Å². The van der Waals surface area contributed by atoms with Gasteiger partial charge in [-0.25, -0.2) is 0 Å². The van der Waals surface area contributed by atoms with Gasteiger partial charge in [-0.05, 0) is 47.9 Å². The Bertz CT molecular complexity index is 1170. The SMILES string of the molecule is CN1CCN=C(/C=C/c2cc([N+](=O)[O-])ccc2SCCCc2ccccc2)c2ccccc21. The van der Waals surface area contributed by atoms with Gasteiger partial charge in [0.2, 0.25) is 0 Å². The first-order chi connectivity index (χ1) is 16.1. The summed E-state index contributed by atoms with van der Waals surface area (Å²) < 4.78 is 0. The van der Waals surface area contributed by atoms with Gasteiger partial charge >= 0.3 is 0 Å². The molecule has 0 unspecified atom stereocenters. The average molecular weight is 458 g/mol.